The van der Waals surface area contributed by atoms with Crippen LogP contribution in [-0.4, -0.2) is 26.8 Å². The quantitative estimate of drug-likeness (QED) is 0.691. The zero-order chi connectivity index (χ0) is 17.7. The summed E-state index contributed by atoms with van der Waals surface area (Å²) in [6.45, 7) is 9.61. The number of hydrogen-bond donors (Lipinski definition) is 0. The summed E-state index contributed by atoms with van der Waals surface area (Å²) < 4.78 is 8.14. The van der Waals surface area contributed by atoms with Crippen molar-refractivity contribution in [2.75, 3.05) is 0 Å². The molecule has 5 nitrogen and oxygen atoms in total. The van der Waals surface area contributed by atoms with E-state index in [0.717, 1.165) is 12.1 Å². The van der Waals surface area contributed by atoms with Crippen molar-refractivity contribution in [3.63, 3.8) is 0 Å². The molecular weight excluding hydrogens is 340 g/mol. The minimum absolute atomic E-state index is 0.0823. The Bertz CT molecular complexity index is 756. The number of hydrogen-bond acceptors (Lipinski definition) is 6. The third kappa shape index (κ3) is 5.13. The van der Waals surface area contributed by atoms with Gasteiger partial charge < -0.3 is 4.74 Å². The molecule has 2 aromatic rings. The zero-order valence-electron chi connectivity index (χ0n) is 14.4. The van der Waals surface area contributed by atoms with Crippen molar-refractivity contribution in [3.8, 4) is 11.3 Å². The van der Waals surface area contributed by atoms with E-state index in [9.17, 15) is 0 Å². The second-order valence-electron chi connectivity index (χ2n) is 6.09. The monoisotopic (exact) mass is 362 g/mol. The van der Waals surface area contributed by atoms with Gasteiger partial charge in [-0.15, -0.1) is 5.10 Å². The second-order valence-corrected chi connectivity index (χ2v) is 7.68. The number of ether oxygens (including phenoxy) is 1. The Labute approximate surface area is 152 Å². The lowest BCUT2D eigenvalue weighted by molar-refractivity contribution is 0.150. The zero-order valence-corrected chi connectivity index (χ0v) is 16.0. The predicted molar refractivity (Wildman–Crippen MR) is 98.5 cm³/mol. The summed E-state index contributed by atoms with van der Waals surface area (Å²) in [5.74, 6) is 0. The van der Waals surface area contributed by atoms with Crippen molar-refractivity contribution in [2.45, 2.75) is 53.1 Å². The molecule has 1 aromatic carbocycles. The smallest absolute Gasteiger partial charge is 0.293 e. The summed E-state index contributed by atoms with van der Waals surface area (Å²) in [7, 11) is 0. The molecule has 1 aromatic heterocycles. The van der Waals surface area contributed by atoms with E-state index in [1.807, 2.05) is 38.1 Å². The molecule has 128 valence electrons. The van der Waals surface area contributed by atoms with Gasteiger partial charge in [0.25, 0.3) is 5.19 Å². The molecule has 0 spiro atoms. The van der Waals surface area contributed by atoms with Crippen LogP contribution in [-0.2, 0) is 13.2 Å². The van der Waals surface area contributed by atoms with Gasteiger partial charge in [-0.25, -0.2) is 4.68 Å². The molecule has 0 aliphatic rings. The lowest BCUT2D eigenvalue weighted by atomic mass is 10.1. The maximum Gasteiger partial charge on any atom is 0.293 e. The van der Waals surface area contributed by atoms with E-state index in [1.54, 1.807) is 4.68 Å². The number of rotatable bonds is 7. The topological polar surface area (TPSA) is 54.1 Å². The molecule has 0 fully saturated rings. The maximum absolute atomic E-state index is 8.89. The molecule has 0 N–H and O–H groups in total. The normalized spacial score (nSPS) is 11.2. The van der Waals surface area contributed by atoms with Crippen molar-refractivity contribution >= 4 is 23.6 Å². The highest BCUT2D eigenvalue weighted by Gasteiger charge is 2.14. The summed E-state index contributed by atoms with van der Waals surface area (Å²) in [6.07, 6.45) is 0.0823. The first-order valence-corrected chi connectivity index (χ1v) is 9.09. The number of benzene rings is 1. The highest BCUT2D eigenvalue weighted by molar-refractivity contribution is 7.73. The Morgan fingerprint density at radius 1 is 1.29 bits per heavy atom. The lowest BCUT2D eigenvalue weighted by Gasteiger charge is -2.26. The summed E-state index contributed by atoms with van der Waals surface area (Å²) in [4.78, 5) is 2.27. The Morgan fingerprint density at radius 3 is 2.50 bits per heavy atom. The van der Waals surface area contributed by atoms with E-state index in [1.165, 1.54) is 11.3 Å². The van der Waals surface area contributed by atoms with Gasteiger partial charge in [0.1, 0.15) is 0 Å². The van der Waals surface area contributed by atoms with Gasteiger partial charge in [-0.2, -0.15) is 5.26 Å². The minimum atomic E-state index is 0.0823. The van der Waals surface area contributed by atoms with E-state index in [-0.39, 0.29) is 6.10 Å². The average Bonchev–Trinajstić information content (AvgIpc) is 2.86. The molecule has 0 unspecified atom stereocenters. The predicted octanol–water partition coefficient (Wildman–Crippen LogP) is 4.20. The van der Waals surface area contributed by atoms with Gasteiger partial charge >= 0.3 is 0 Å². The standard InChI is InChI=1S/C17H22N4OS2/c1-12(2)20(10-15-7-5-14(9-18)6-8-15)11-21-17(23)24-16(19-21)22-13(3)4/h5-8,12-13H,10-11H2,1-4H3. The van der Waals surface area contributed by atoms with Crippen LogP contribution in [0, 0.1) is 15.3 Å². The number of nitriles is 1. The van der Waals surface area contributed by atoms with Crippen molar-refractivity contribution in [1.29, 1.82) is 5.26 Å². The summed E-state index contributed by atoms with van der Waals surface area (Å²) in [5.41, 5.74) is 1.83. The van der Waals surface area contributed by atoms with Crippen LogP contribution in [0.1, 0.15) is 38.8 Å². The minimum Gasteiger partial charge on any atom is -0.466 e. The molecule has 7 heteroatoms. The molecule has 0 aliphatic carbocycles. The van der Waals surface area contributed by atoms with Gasteiger partial charge in [-0.1, -0.05) is 12.1 Å². The van der Waals surface area contributed by atoms with Crippen molar-refractivity contribution < 1.29 is 4.74 Å². The SMILES string of the molecule is CC(C)Oc1nn(CN(Cc2ccc(C#N)cc2)C(C)C)c(=S)s1. The highest BCUT2D eigenvalue weighted by Crippen LogP contribution is 2.20. The Morgan fingerprint density at radius 2 is 1.96 bits per heavy atom. The van der Waals surface area contributed by atoms with Crippen LogP contribution in [0.2, 0.25) is 0 Å². The first-order valence-electron chi connectivity index (χ1n) is 7.86. The van der Waals surface area contributed by atoms with Crippen LogP contribution in [0.4, 0.5) is 0 Å². The molecule has 0 radical (unpaired) electrons. The second kappa shape index (κ2) is 8.38. The largest absolute Gasteiger partial charge is 0.466 e. The average molecular weight is 363 g/mol. The van der Waals surface area contributed by atoms with Crippen molar-refractivity contribution in [2.24, 2.45) is 0 Å². The summed E-state index contributed by atoms with van der Waals surface area (Å²) in [5, 5.41) is 14.0. The lowest BCUT2D eigenvalue weighted by Crippen LogP contribution is -2.32. The molecule has 0 aliphatic heterocycles. The van der Waals surface area contributed by atoms with Gasteiger partial charge in [0.2, 0.25) is 0 Å². The Hall–Kier alpha value is -1.75. The number of nitrogens with zero attached hydrogens (tertiary/aromatic N) is 4. The molecule has 2 rings (SSSR count). The van der Waals surface area contributed by atoms with E-state index in [0.29, 0.717) is 27.4 Å². The van der Waals surface area contributed by atoms with Crippen LogP contribution >= 0.6 is 23.6 Å². The summed E-state index contributed by atoms with van der Waals surface area (Å²) in [6, 6.07) is 10.1. The van der Waals surface area contributed by atoms with Crippen LogP contribution < -0.4 is 4.74 Å². The van der Waals surface area contributed by atoms with Gasteiger partial charge in [0.15, 0.2) is 3.95 Å². The molecular formula is C17H22N4OS2. The van der Waals surface area contributed by atoms with Gasteiger partial charge in [0.05, 0.1) is 24.4 Å². The highest BCUT2D eigenvalue weighted by atomic mass is 32.1. The van der Waals surface area contributed by atoms with E-state index >= 15 is 0 Å². The molecule has 24 heavy (non-hydrogen) atoms. The molecule has 0 saturated heterocycles. The number of aromatic nitrogens is 2. The molecule has 0 saturated carbocycles. The fourth-order valence-electron chi connectivity index (χ4n) is 2.11. The van der Waals surface area contributed by atoms with Gasteiger partial charge in [0, 0.05) is 12.6 Å². The van der Waals surface area contributed by atoms with Crippen LogP contribution in [0.15, 0.2) is 24.3 Å². The Kier molecular flexibility index (Phi) is 6.49. The van der Waals surface area contributed by atoms with Crippen molar-refractivity contribution in [3.05, 3.63) is 39.3 Å². The van der Waals surface area contributed by atoms with E-state index in [2.05, 4.69) is 29.9 Å². The van der Waals surface area contributed by atoms with Crippen LogP contribution in [0.25, 0.3) is 0 Å². The maximum atomic E-state index is 8.89. The molecule has 0 atom stereocenters. The summed E-state index contributed by atoms with van der Waals surface area (Å²) >= 11 is 6.79. The molecule has 0 bridgehead atoms. The van der Waals surface area contributed by atoms with Crippen molar-refractivity contribution in [1.82, 2.24) is 14.7 Å². The molecule has 0 amide bonds. The van der Waals surface area contributed by atoms with Crippen LogP contribution in [0.3, 0.4) is 0 Å². The van der Waals surface area contributed by atoms with E-state index < -0.39 is 0 Å². The fourth-order valence-corrected chi connectivity index (χ4v) is 3.16. The van der Waals surface area contributed by atoms with E-state index in [4.69, 9.17) is 22.2 Å². The third-order valence-electron chi connectivity index (χ3n) is 3.44. The first-order chi connectivity index (χ1) is 11.4. The molecule has 1 heterocycles. The van der Waals surface area contributed by atoms with Crippen LogP contribution in [0.5, 0.6) is 5.19 Å². The van der Waals surface area contributed by atoms with Gasteiger partial charge in [-0.3, -0.25) is 4.90 Å². The van der Waals surface area contributed by atoms with Gasteiger partial charge in [-0.05, 0) is 68.9 Å². The third-order valence-corrected chi connectivity index (χ3v) is 4.64. The first kappa shape index (κ1) is 18.6. The fraction of sp³-hybridized carbons (Fsp3) is 0.471. The Balaban J connectivity index is 2.12.